The number of rotatable bonds is 4. The van der Waals surface area contributed by atoms with Crippen molar-refractivity contribution < 1.29 is 0 Å². The molecule has 0 amide bonds. The number of anilines is 1. The van der Waals surface area contributed by atoms with Gasteiger partial charge in [-0.15, -0.1) is 0 Å². The van der Waals surface area contributed by atoms with Crippen LogP contribution in [0.4, 0.5) is 5.82 Å². The fourth-order valence-electron chi connectivity index (χ4n) is 2.00. The standard InChI is InChI=1S/C14H15N5/c1-19-8-7-13(18-19)15-9-12-10-16-17-14(12)11-5-3-2-4-6-11/h2-8,10H,9H2,1H3,(H,15,18)(H,16,17). The summed E-state index contributed by atoms with van der Waals surface area (Å²) in [6, 6.07) is 12.1. The molecule has 0 unspecified atom stereocenters. The Bertz CT molecular complexity index is 653. The zero-order chi connectivity index (χ0) is 13.1. The maximum atomic E-state index is 4.29. The Kier molecular flexibility index (Phi) is 3.02. The SMILES string of the molecule is Cn1ccc(NCc2cn[nH]c2-c2ccccc2)n1. The molecule has 0 aliphatic carbocycles. The number of benzene rings is 1. The van der Waals surface area contributed by atoms with Crippen molar-refractivity contribution in [3.63, 3.8) is 0 Å². The molecular weight excluding hydrogens is 238 g/mol. The van der Waals surface area contributed by atoms with Gasteiger partial charge in [-0.25, -0.2) is 0 Å². The summed E-state index contributed by atoms with van der Waals surface area (Å²) in [5.41, 5.74) is 3.30. The molecule has 3 rings (SSSR count). The molecule has 19 heavy (non-hydrogen) atoms. The molecule has 0 aliphatic heterocycles. The molecular formula is C14H15N5. The van der Waals surface area contributed by atoms with Crippen molar-refractivity contribution in [3.8, 4) is 11.3 Å². The number of nitrogens with one attached hydrogen (secondary N) is 2. The van der Waals surface area contributed by atoms with Crippen molar-refractivity contribution in [2.45, 2.75) is 6.54 Å². The smallest absolute Gasteiger partial charge is 0.148 e. The Balaban J connectivity index is 1.77. The third-order valence-electron chi connectivity index (χ3n) is 2.95. The monoisotopic (exact) mass is 253 g/mol. The van der Waals surface area contributed by atoms with E-state index >= 15 is 0 Å². The van der Waals surface area contributed by atoms with Crippen molar-refractivity contribution in [2.24, 2.45) is 7.05 Å². The van der Waals surface area contributed by atoms with Crippen molar-refractivity contribution >= 4 is 5.82 Å². The third-order valence-corrected chi connectivity index (χ3v) is 2.95. The van der Waals surface area contributed by atoms with Gasteiger partial charge in [-0.2, -0.15) is 10.2 Å². The predicted molar refractivity (Wildman–Crippen MR) is 74.6 cm³/mol. The summed E-state index contributed by atoms with van der Waals surface area (Å²) in [7, 11) is 1.90. The van der Waals surface area contributed by atoms with Crippen LogP contribution in [-0.2, 0) is 13.6 Å². The summed E-state index contributed by atoms with van der Waals surface area (Å²) in [5.74, 6) is 0.864. The van der Waals surface area contributed by atoms with Gasteiger partial charge < -0.3 is 5.32 Å². The van der Waals surface area contributed by atoms with Crippen LogP contribution >= 0.6 is 0 Å². The van der Waals surface area contributed by atoms with E-state index in [0.717, 1.165) is 22.6 Å². The second-order valence-corrected chi connectivity index (χ2v) is 4.36. The lowest BCUT2D eigenvalue weighted by atomic mass is 10.1. The van der Waals surface area contributed by atoms with E-state index in [0.29, 0.717) is 6.54 Å². The van der Waals surface area contributed by atoms with Crippen LogP contribution in [0.3, 0.4) is 0 Å². The molecule has 96 valence electrons. The molecule has 0 radical (unpaired) electrons. The van der Waals surface area contributed by atoms with Crippen LogP contribution in [0.25, 0.3) is 11.3 Å². The van der Waals surface area contributed by atoms with Crippen LogP contribution in [0.1, 0.15) is 5.56 Å². The van der Waals surface area contributed by atoms with Gasteiger partial charge in [0.25, 0.3) is 0 Å². The molecule has 2 heterocycles. The lowest BCUT2D eigenvalue weighted by molar-refractivity contribution is 0.768. The van der Waals surface area contributed by atoms with E-state index < -0.39 is 0 Å². The molecule has 0 aliphatic rings. The van der Waals surface area contributed by atoms with Crippen molar-refractivity contribution in [1.29, 1.82) is 0 Å². The minimum absolute atomic E-state index is 0.692. The topological polar surface area (TPSA) is 58.5 Å². The molecule has 0 saturated heterocycles. The normalized spacial score (nSPS) is 10.6. The molecule has 3 aromatic rings. The molecule has 5 heteroatoms. The third kappa shape index (κ3) is 2.49. The summed E-state index contributed by atoms with van der Waals surface area (Å²) in [4.78, 5) is 0. The van der Waals surface area contributed by atoms with E-state index in [9.17, 15) is 0 Å². The molecule has 0 saturated carbocycles. The Morgan fingerprint density at radius 3 is 2.79 bits per heavy atom. The van der Waals surface area contributed by atoms with Crippen molar-refractivity contribution in [2.75, 3.05) is 5.32 Å². The molecule has 2 N–H and O–H groups in total. The van der Waals surface area contributed by atoms with Gasteiger partial charge in [0.2, 0.25) is 0 Å². The molecule has 0 bridgehead atoms. The van der Waals surface area contributed by atoms with Crippen LogP contribution in [0.2, 0.25) is 0 Å². The molecule has 0 fully saturated rings. The van der Waals surface area contributed by atoms with Gasteiger partial charge in [0.1, 0.15) is 5.82 Å². The lowest BCUT2D eigenvalue weighted by Gasteiger charge is -2.04. The quantitative estimate of drug-likeness (QED) is 0.750. The number of hydrogen-bond acceptors (Lipinski definition) is 3. The number of aromatic nitrogens is 4. The number of nitrogens with zero attached hydrogens (tertiary/aromatic N) is 3. The van der Waals surface area contributed by atoms with E-state index in [1.165, 1.54) is 0 Å². The van der Waals surface area contributed by atoms with E-state index in [4.69, 9.17) is 0 Å². The Labute approximate surface area is 111 Å². The first-order valence-electron chi connectivity index (χ1n) is 6.14. The molecule has 0 atom stereocenters. The first-order valence-corrected chi connectivity index (χ1v) is 6.14. The maximum Gasteiger partial charge on any atom is 0.148 e. The fourth-order valence-corrected chi connectivity index (χ4v) is 2.00. The highest BCUT2D eigenvalue weighted by molar-refractivity contribution is 5.62. The predicted octanol–water partition coefficient (Wildman–Crippen LogP) is 2.42. The summed E-state index contributed by atoms with van der Waals surface area (Å²) < 4.78 is 1.77. The van der Waals surface area contributed by atoms with Crippen LogP contribution in [0, 0.1) is 0 Å². The van der Waals surface area contributed by atoms with Crippen LogP contribution < -0.4 is 5.32 Å². The Hall–Kier alpha value is -2.56. The summed E-state index contributed by atoms with van der Waals surface area (Å²) >= 11 is 0. The fraction of sp³-hybridized carbons (Fsp3) is 0.143. The average Bonchev–Trinajstić information content (AvgIpc) is 3.06. The minimum atomic E-state index is 0.692. The van der Waals surface area contributed by atoms with Gasteiger partial charge in [-0.05, 0) is 5.56 Å². The largest absolute Gasteiger partial charge is 0.364 e. The first-order chi connectivity index (χ1) is 9.33. The Morgan fingerprint density at radius 1 is 1.21 bits per heavy atom. The number of aromatic amines is 1. The molecule has 2 aromatic heterocycles. The van der Waals surface area contributed by atoms with E-state index in [-0.39, 0.29) is 0 Å². The number of H-pyrrole nitrogens is 1. The highest BCUT2D eigenvalue weighted by atomic mass is 15.3. The Morgan fingerprint density at radius 2 is 2.05 bits per heavy atom. The van der Waals surface area contributed by atoms with Crippen molar-refractivity contribution in [3.05, 3.63) is 54.4 Å². The van der Waals surface area contributed by atoms with Gasteiger partial charge in [-0.1, -0.05) is 30.3 Å². The summed E-state index contributed by atoms with van der Waals surface area (Å²) in [6.07, 6.45) is 3.76. The molecule has 1 aromatic carbocycles. The van der Waals surface area contributed by atoms with Gasteiger partial charge in [0.05, 0.1) is 11.9 Å². The van der Waals surface area contributed by atoms with Crippen LogP contribution in [0.15, 0.2) is 48.8 Å². The second-order valence-electron chi connectivity index (χ2n) is 4.36. The summed E-state index contributed by atoms with van der Waals surface area (Å²) in [5, 5.41) is 14.7. The van der Waals surface area contributed by atoms with E-state index in [1.54, 1.807) is 4.68 Å². The average molecular weight is 253 g/mol. The van der Waals surface area contributed by atoms with Crippen LogP contribution in [-0.4, -0.2) is 20.0 Å². The highest BCUT2D eigenvalue weighted by Gasteiger charge is 2.07. The van der Waals surface area contributed by atoms with Gasteiger partial charge in [-0.3, -0.25) is 9.78 Å². The van der Waals surface area contributed by atoms with E-state index in [1.807, 2.05) is 43.7 Å². The van der Waals surface area contributed by atoms with Crippen molar-refractivity contribution in [1.82, 2.24) is 20.0 Å². The molecule has 5 nitrogen and oxygen atoms in total. The van der Waals surface area contributed by atoms with Crippen LogP contribution in [0.5, 0.6) is 0 Å². The molecule has 0 spiro atoms. The first kappa shape index (κ1) is 11.5. The summed E-state index contributed by atoms with van der Waals surface area (Å²) in [6.45, 7) is 0.692. The van der Waals surface area contributed by atoms with E-state index in [2.05, 4.69) is 32.7 Å². The second kappa shape index (κ2) is 4.97. The zero-order valence-electron chi connectivity index (χ0n) is 10.7. The highest BCUT2D eigenvalue weighted by Crippen LogP contribution is 2.21. The van der Waals surface area contributed by atoms with Gasteiger partial charge >= 0.3 is 0 Å². The lowest BCUT2D eigenvalue weighted by Crippen LogP contribution is -2.01. The number of aryl methyl sites for hydroxylation is 1. The zero-order valence-corrected chi connectivity index (χ0v) is 10.7. The minimum Gasteiger partial charge on any atom is -0.364 e. The van der Waals surface area contributed by atoms with Gasteiger partial charge in [0.15, 0.2) is 0 Å². The number of hydrogen-bond donors (Lipinski definition) is 2. The maximum absolute atomic E-state index is 4.29. The van der Waals surface area contributed by atoms with Gasteiger partial charge in [0, 0.05) is 31.4 Å².